The highest BCUT2D eigenvalue weighted by molar-refractivity contribution is 9.10. The van der Waals surface area contributed by atoms with Crippen molar-refractivity contribution in [1.29, 1.82) is 0 Å². The second-order valence-electron chi connectivity index (χ2n) is 5.09. The number of aliphatic imine (C=N–C) groups is 1. The van der Waals surface area contributed by atoms with Crippen LogP contribution in [0.25, 0.3) is 0 Å². The summed E-state index contributed by atoms with van der Waals surface area (Å²) in [5.74, 6) is -0.138. The molecule has 2 aromatic carbocycles. The molecule has 0 saturated heterocycles. The first-order valence-electron chi connectivity index (χ1n) is 6.88. The summed E-state index contributed by atoms with van der Waals surface area (Å²) in [5, 5.41) is 2.86. The van der Waals surface area contributed by atoms with Gasteiger partial charge in [0, 0.05) is 10.0 Å². The van der Waals surface area contributed by atoms with Gasteiger partial charge in [-0.05, 0) is 49.2 Å². The Hall–Kier alpha value is -1.94. The van der Waals surface area contributed by atoms with Crippen molar-refractivity contribution in [2.75, 3.05) is 5.32 Å². The maximum atomic E-state index is 12.2. The lowest BCUT2D eigenvalue weighted by atomic mass is 10.1. The van der Waals surface area contributed by atoms with Crippen molar-refractivity contribution in [2.45, 2.75) is 20.3 Å². The zero-order chi connectivity index (χ0) is 15.0. The molecule has 0 aliphatic carbocycles. The van der Waals surface area contributed by atoms with Crippen LogP contribution >= 0.6 is 15.9 Å². The molecule has 0 fully saturated rings. The van der Waals surface area contributed by atoms with E-state index < -0.39 is 0 Å². The number of rotatable bonds is 2. The molecular weight excluding hydrogens is 328 g/mol. The summed E-state index contributed by atoms with van der Waals surface area (Å²) in [6.07, 6.45) is 0.869. The summed E-state index contributed by atoms with van der Waals surface area (Å²) in [5.41, 5.74) is 5.28. The lowest BCUT2D eigenvalue weighted by Crippen LogP contribution is -2.14. The largest absolute Gasteiger partial charge is 0.320 e. The molecule has 4 heteroatoms. The molecule has 3 nitrogen and oxygen atoms in total. The van der Waals surface area contributed by atoms with E-state index in [9.17, 15) is 4.79 Å². The van der Waals surface area contributed by atoms with Crippen LogP contribution in [0.15, 0.2) is 45.9 Å². The van der Waals surface area contributed by atoms with Crippen LogP contribution in [0, 0.1) is 6.92 Å². The minimum absolute atomic E-state index is 0.138. The molecule has 1 aliphatic heterocycles. The topological polar surface area (TPSA) is 41.5 Å². The summed E-state index contributed by atoms with van der Waals surface area (Å²) in [4.78, 5) is 16.8. The van der Waals surface area contributed by atoms with Gasteiger partial charge in [-0.15, -0.1) is 0 Å². The molecule has 0 saturated carbocycles. The van der Waals surface area contributed by atoms with Crippen molar-refractivity contribution >= 4 is 38.9 Å². The van der Waals surface area contributed by atoms with Gasteiger partial charge in [0.15, 0.2) is 0 Å². The van der Waals surface area contributed by atoms with Crippen LogP contribution in [0.2, 0.25) is 0 Å². The zero-order valence-corrected chi connectivity index (χ0v) is 13.5. The Morgan fingerprint density at radius 1 is 1.19 bits per heavy atom. The Labute approximate surface area is 132 Å². The van der Waals surface area contributed by atoms with Crippen LogP contribution in [0.3, 0.4) is 0 Å². The summed E-state index contributed by atoms with van der Waals surface area (Å²) >= 11 is 3.47. The average Bonchev–Trinajstić information content (AvgIpc) is 2.76. The summed E-state index contributed by atoms with van der Waals surface area (Å²) in [7, 11) is 0. The first-order valence-corrected chi connectivity index (χ1v) is 7.67. The molecule has 2 aromatic rings. The normalized spacial score (nSPS) is 15.2. The van der Waals surface area contributed by atoms with Crippen LogP contribution in [0.5, 0.6) is 0 Å². The number of hydrogen-bond acceptors (Lipinski definition) is 2. The van der Waals surface area contributed by atoms with E-state index in [1.807, 2.05) is 43.3 Å². The highest BCUT2D eigenvalue weighted by Crippen LogP contribution is 2.29. The van der Waals surface area contributed by atoms with E-state index in [4.69, 9.17) is 0 Å². The number of nitrogens with zero attached hydrogens (tertiary/aromatic N) is 1. The third-order valence-corrected chi connectivity index (χ3v) is 4.04. The van der Waals surface area contributed by atoms with Gasteiger partial charge in [0.2, 0.25) is 0 Å². The van der Waals surface area contributed by atoms with Crippen molar-refractivity contribution in [3.63, 3.8) is 0 Å². The Morgan fingerprint density at radius 2 is 2.00 bits per heavy atom. The van der Waals surface area contributed by atoms with Crippen LogP contribution in [0.4, 0.5) is 11.4 Å². The number of fused-ring (bicyclic) bond motifs is 1. The molecule has 106 valence electrons. The third-order valence-electron chi connectivity index (χ3n) is 3.55. The van der Waals surface area contributed by atoms with E-state index in [0.717, 1.165) is 39.0 Å². The first-order chi connectivity index (χ1) is 10.1. The molecule has 1 heterocycles. The highest BCUT2D eigenvalue weighted by Gasteiger charge is 2.26. The fourth-order valence-corrected chi connectivity index (χ4v) is 2.85. The molecular formula is C17H15BrN2O. The molecule has 0 atom stereocenters. The van der Waals surface area contributed by atoms with E-state index in [1.165, 1.54) is 0 Å². The molecule has 0 spiro atoms. The number of halogens is 1. The van der Waals surface area contributed by atoms with Crippen molar-refractivity contribution in [3.8, 4) is 0 Å². The second-order valence-corrected chi connectivity index (χ2v) is 6.01. The van der Waals surface area contributed by atoms with E-state index in [2.05, 4.69) is 33.2 Å². The average molecular weight is 343 g/mol. The predicted molar refractivity (Wildman–Crippen MR) is 89.5 cm³/mol. The van der Waals surface area contributed by atoms with Gasteiger partial charge in [-0.25, -0.2) is 4.99 Å². The summed E-state index contributed by atoms with van der Waals surface area (Å²) in [6, 6.07) is 11.8. The Bertz CT molecular complexity index is 765. The molecule has 0 unspecified atom stereocenters. The molecule has 21 heavy (non-hydrogen) atoms. The van der Waals surface area contributed by atoms with E-state index in [0.29, 0.717) is 5.71 Å². The van der Waals surface area contributed by atoms with Crippen LogP contribution in [-0.2, 0) is 11.2 Å². The molecule has 0 bridgehead atoms. The Morgan fingerprint density at radius 3 is 2.76 bits per heavy atom. The van der Waals surface area contributed by atoms with E-state index >= 15 is 0 Å². The monoisotopic (exact) mass is 342 g/mol. The third kappa shape index (κ3) is 2.63. The van der Waals surface area contributed by atoms with Gasteiger partial charge in [0.25, 0.3) is 5.91 Å². The fraction of sp³-hybridized carbons (Fsp3) is 0.176. The van der Waals surface area contributed by atoms with Gasteiger partial charge >= 0.3 is 0 Å². The summed E-state index contributed by atoms with van der Waals surface area (Å²) in [6.45, 7) is 4.09. The maximum Gasteiger partial charge on any atom is 0.275 e. The fourth-order valence-electron chi connectivity index (χ4n) is 2.44. The number of benzene rings is 2. The molecule has 1 amide bonds. The number of carbonyl (C=O) groups excluding carboxylic acids is 1. The minimum Gasteiger partial charge on any atom is -0.320 e. The molecule has 1 aliphatic rings. The highest BCUT2D eigenvalue weighted by atomic mass is 79.9. The minimum atomic E-state index is -0.138. The smallest absolute Gasteiger partial charge is 0.275 e. The Kier molecular flexibility index (Phi) is 3.64. The standard InChI is InChI=1S/C17H15BrN2O/c1-3-11-9-12(18)5-7-14(11)19-16-13-8-10(2)4-6-15(13)20-17(16)21/h4-9H,3H2,1-2H3,(H,19,20,21). The first kappa shape index (κ1) is 14.0. The van der Waals surface area contributed by atoms with Crippen molar-refractivity contribution in [3.05, 3.63) is 57.6 Å². The Balaban J connectivity index is 2.13. The van der Waals surface area contributed by atoms with Crippen molar-refractivity contribution in [1.82, 2.24) is 0 Å². The predicted octanol–water partition coefficient (Wildman–Crippen LogP) is 4.39. The van der Waals surface area contributed by atoms with Gasteiger partial charge in [-0.2, -0.15) is 0 Å². The van der Waals surface area contributed by atoms with Crippen LogP contribution in [0.1, 0.15) is 23.6 Å². The number of aryl methyl sites for hydroxylation is 2. The number of nitrogens with one attached hydrogen (secondary N) is 1. The summed E-state index contributed by atoms with van der Waals surface area (Å²) < 4.78 is 1.02. The van der Waals surface area contributed by atoms with E-state index in [-0.39, 0.29) is 5.91 Å². The zero-order valence-electron chi connectivity index (χ0n) is 11.9. The SMILES string of the molecule is CCc1cc(Br)ccc1N=C1C(=O)Nc2ccc(C)cc21. The van der Waals surface area contributed by atoms with Gasteiger partial charge in [-0.1, -0.05) is 34.5 Å². The van der Waals surface area contributed by atoms with Crippen LogP contribution < -0.4 is 5.32 Å². The lowest BCUT2D eigenvalue weighted by Gasteiger charge is -2.05. The van der Waals surface area contributed by atoms with Gasteiger partial charge in [-0.3, -0.25) is 4.79 Å². The molecule has 0 aromatic heterocycles. The molecule has 0 radical (unpaired) electrons. The van der Waals surface area contributed by atoms with Crippen molar-refractivity contribution < 1.29 is 4.79 Å². The molecule has 3 rings (SSSR count). The van der Waals surface area contributed by atoms with Gasteiger partial charge < -0.3 is 5.32 Å². The van der Waals surface area contributed by atoms with Gasteiger partial charge in [0.05, 0.1) is 11.4 Å². The van der Waals surface area contributed by atoms with Crippen LogP contribution in [-0.4, -0.2) is 11.6 Å². The number of hydrogen-bond donors (Lipinski definition) is 1. The number of carbonyl (C=O) groups is 1. The second kappa shape index (κ2) is 5.45. The lowest BCUT2D eigenvalue weighted by molar-refractivity contribution is -0.110. The molecule has 1 N–H and O–H groups in total. The number of amides is 1. The maximum absolute atomic E-state index is 12.2. The number of anilines is 1. The van der Waals surface area contributed by atoms with E-state index in [1.54, 1.807) is 0 Å². The van der Waals surface area contributed by atoms with Crippen molar-refractivity contribution in [2.24, 2.45) is 4.99 Å². The van der Waals surface area contributed by atoms with Gasteiger partial charge in [0.1, 0.15) is 5.71 Å². The quantitative estimate of drug-likeness (QED) is 0.863.